The highest BCUT2D eigenvalue weighted by molar-refractivity contribution is 6.61. The molecule has 1 aliphatic heterocycles. The van der Waals surface area contributed by atoms with Gasteiger partial charge in [-0.15, -0.1) is 0 Å². The van der Waals surface area contributed by atoms with Gasteiger partial charge >= 0.3 is 0 Å². The van der Waals surface area contributed by atoms with Gasteiger partial charge in [-0.2, -0.15) is 0 Å². The number of hydrogen-bond acceptors (Lipinski definition) is 7. The molecule has 1 unspecified atom stereocenters. The quantitative estimate of drug-likeness (QED) is 0.272. The van der Waals surface area contributed by atoms with Crippen molar-refractivity contribution < 1.29 is 37.7 Å². The van der Waals surface area contributed by atoms with Crippen molar-refractivity contribution in [3.05, 3.63) is 23.8 Å². The van der Waals surface area contributed by atoms with Crippen LogP contribution >= 0.6 is 0 Å². The monoisotopic (exact) mass is 605 g/mol. The van der Waals surface area contributed by atoms with Gasteiger partial charge in [0.15, 0.2) is 23.3 Å². The number of alkyl halides is 2. The lowest BCUT2D eigenvalue weighted by molar-refractivity contribution is -0.234. The number of hydrogen-bond donors (Lipinski definition) is 2. The fourth-order valence-corrected chi connectivity index (χ4v) is 9.65. The Morgan fingerprint density at radius 3 is 2.43 bits per heavy atom. The molecule has 1 aromatic carbocycles. The van der Waals surface area contributed by atoms with Crippen LogP contribution < -0.4 is 32.3 Å². The first kappa shape index (κ1) is 31.6. The predicted octanol–water partition coefficient (Wildman–Crippen LogP) is -2.54. The van der Waals surface area contributed by atoms with Gasteiger partial charge in [-0.1, -0.05) is 48.2 Å². The number of carbonyl (C=O) groups is 2. The van der Waals surface area contributed by atoms with Gasteiger partial charge in [0.2, 0.25) is 5.78 Å². The third-order valence-electron chi connectivity index (χ3n) is 12.3. The summed E-state index contributed by atoms with van der Waals surface area (Å²) in [5, 5.41) is 11.8. The van der Waals surface area contributed by atoms with Crippen LogP contribution in [0.5, 0.6) is 5.75 Å². The number of fused-ring (bicyclic) bond motifs is 7. The molecule has 1 heterocycles. The minimum absolute atomic E-state index is 0.0686. The number of anilines is 1. The van der Waals surface area contributed by atoms with E-state index in [1.807, 2.05) is 45.2 Å². The molecule has 44 heavy (non-hydrogen) atoms. The number of nitrogens with two attached hydrogens (primary N) is 1. The first-order chi connectivity index (χ1) is 20.6. The van der Waals surface area contributed by atoms with Gasteiger partial charge in [-0.25, -0.2) is 8.78 Å². The SMILES string of the molecule is Bc1c(B)c(OCC(=O)[C@@]23OC(CCC)O[C@@H]2C[C@H]2[C@@H]4C[C@H](F)C5=CC(=O)C=C[C@]5(C)[C@@]4(F)[C@@H](O)C[C@@]23C)c(B)c(B)c1N. The van der Waals surface area contributed by atoms with E-state index < -0.39 is 64.4 Å². The number of benzene rings is 1. The van der Waals surface area contributed by atoms with Crippen molar-refractivity contribution in [1.82, 2.24) is 0 Å². The molecule has 7 nitrogen and oxygen atoms in total. The van der Waals surface area contributed by atoms with E-state index in [-0.39, 0.29) is 37.2 Å². The molecule has 6 rings (SSSR count). The van der Waals surface area contributed by atoms with Crippen molar-refractivity contribution in [2.75, 3.05) is 12.3 Å². The van der Waals surface area contributed by atoms with Crippen LogP contribution in [0.15, 0.2) is 23.8 Å². The zero-order valence-corrected chi connectivity index (χ0v) is 26.8. The fourth-order valence-electron chi connectivity index (χ4n) is 9.65. The Kier molecular flexibility index (Phi) is 7.42. The molecule has 232 valence electrons. The molecule has 1 aromatic rings. The number of ketones is 2. The number of nitrogen functional groups attached to an aromatic ring is 1. The Hall–Kier alpha value is -2.36. The molecule has 0 spiro atoms. The maximum atomic E-state index is 17.7. The molecule has 3 saturated carbocycles. The summed E-state index contributed by atoms with van der Waals surface area (Å²) in [6.07, 6.45) is 0.744. The van der Waals surface area contributed by atoms with Crippen LogP contribution in [0.4, 0.5) is 14.5 Å². The summed E-state index contributed by atoms with van der Waals surface area (Å²) in [5.41, 5.74) is 4.17. The molecule has 0 aromatic heterocycles. The Morgan fingerprint density at radius 2 is 1.80 bits per heavy atom. The molecule has 4 fully saturated rings. The van der Waals surface area contributed by atoms with Crippen molar-refractivity contribution in [2.24, 2.45) is 22.7 Å². The molecule has 0 bridgehead atoms. The van der Waals surface area contributed by atoms with Gasteiger partial charge in [0.1, 0.15) is 49.9 Å². The van der Waals surface area contributed by atoms with Gasteiger partial charge in [0, 0.05) is 22.4 Å². The number of halogens is 2. The third kappa shape index (κ3) is 3.87. The molecule has 0 radical (unpaired) electrons. The van der Waals surface area contributed by atoms with Crippen LogP contribution in [0.25, 0.3) is 0 Å². The number of rotatable bonds is 6. The van der Waals surface area contributed by atoms with Crippen molar-refractivity contribution in [2.45, 2.75) is 88.8 Å². The molecular formula is C31H41B4F2NO6. The van der Waals surface area contributed by atoms with Crippen molar-refractivity contribution >= 4 is 70.5 Å². The minimum Gasteiger partial charge on any atom is -0.487 e. The van der Waals surface area contributed by atoms with E-state index in [9.17, 15) is 14.7 Å². The first-order valence-corrected chi connectivity index (χ1v) is 15.9. The molecule has 10 atom stereocenters. The molecule has 1 saturated heterocycles. The molecule has 13 heteroatoms. The highest BCUT2D eigenvalue weighted by Gasteiger charge is 2.80. The summed E-state index contributed by atoms with van der Waals surface area (Å²) in [5.74, 6) is -1.61. The number of ether oxygens (including phenoxy) is 3. The second-order valence-corrected chi connectivity index (χ2v) is 14.2. The highest BCUT2D eigenvalue weighted by Crippen LogP contribution is 2.72. The molecule has 5 aliphatic rings. The predicted molar refractivity (Wildman–Crippen MR) is 175 cm³/mol. The summed E-state index contributed by atoms with van der Waals surface area (Å²) < 4.78 is 52.9. The van der Waals surface area contributed by atoms with E-state index in [0.29, 0.717) is 17.9 Å². The van der Waals surface area contributed by atoms with Crippen molar-refractivity contribution in [3.63, 3.8) is 0 Å². The molecule has 3 N–H and O–H groups in total. The number of aliphatic hydroxyl groups excluding tert-OH is 1. The first-order valence-electron chi connectivity index (χ1n) is 15.9. The van der Waals surface area contributed by atoms with E-state index in [1.54, 1.807) is 6.92 Å². The zero-order valence-electron chi connectivity index (χ0n) is 26.8. The molecule has 0 amide bonds. The average Bonchev–Trinajstić information content (AvgIpc) is 3.45. The van der Waals surface area contributed by atoms with Crippen molar-refractivity contribution in [3.8, 4) is 5.75 Å². The van der Waals surface area contributed by atoms with Gasteiger partial charge in [-0.3, -0.25) is 9.59 Å². The largest absolute Gasteiger partial charge is 0.487 e. The van der Waals surface area contributed by atoms with Crippen LogP contribution in [-0.2, 0) is 19.1 Å². The molecular weight excluding hydrogens is 564 g/mol. The van der Waals surface area contributed by atoms with Crippen molar-refractivity contribution in [1.29, 1.82) is 0 Å². The van der Waals surface area contributed by atoms with Crippen LogP contribution in [0.2, 0.25) is 0 Å². The van der Waals surface area contributed by atoms with E-state index in [0.717, 1.165) is 28.3 Å². The van der Waals surface area contributed by atoms with E-state index in [2.05, 4.69) is 0 Å². The smallest absolute Gasteiger partial charge is 0.205 e. The standard InChI is InChI=1S/C31H41B4F2NO6/c1-4-5-21-43-20-10-14-15-9-17(36)16-8-13(39)6-7-28(16,2)30(15,37)18(40)11-29(14,3)31(20,44-21)19(41)12-42-27-24(34)22(32)26(38)23(33)25(27)35/h6-8,14-15,17-18,20-21,40H,4-5,9-12,32-35,38H2,1-3H3/t14-,15-,17-,18-,20+,21?,28-,29-,30-,31+/m0/s1. The maximum Gasteiger partial charge on any atom is 0.205 e. The second kappa shape index (κ2) is 10.3. The summed E-state index contributed by atoms with van der Waals surface area (Å²) in [4.78, 5) is 26.7. The number of Topliss-reactive ketones (excluding diaryl/α,β-unsaturated/α-hetero) is 1. The normalized spacial score (nSPS) is 42.2. The summed E-state index contributed by atoms with van der Waals surface area (Å²) >= 11 is 0. The highest BCUT2D eigenvalue weighted by atomic mass is 19.1. The topological polar surface area (TPSA) is 108 Å². The van der Waals surface area contributed by atoms with Crippen LogP contribution in [-0.4, -0.2) is 90.6 Å². The summed E-state index contributed by atoms with van der Waals surface area (Å²) in [7, 11) is 7.65. The Bertz CT molecular complexity index is 1480. The van der Waals surface area contributed by atoms with E-state index >= 15 is 8.78 Å². The van der Waals surface area contributed by atoms with E-state index in [1.165, 1.54) is 18.2 Å². The lowest BCUT2D eigenvalue weighted by Crippen LogP contribution is -2.71. The number of allylic oxidation sites excluding steroid dienone is 4. The Morgan fingerprint density at radius 1 is 1.14 bits per heavy atom. The Labute approximate surface area is 261 Å². The third-order valence-corrected chi connectivity index (χ3v) is 12.3. The second-order valence-electron chi connectivity index (χ2n) is 14.2. The van der Waals surface area contributed by atoms with Gasteiger partial charge in [0.25, 0.3) is 0 Å². The maximum absolute atomic E-state index is 17.7. The van der Waals surface area contributed by atoms with Gasteiger partial charge < -0.3 is 25.1 Å². The van der Waals surface area contributed by atoms with Crippen LogP contribution in [0.3, 0.4) is 0 Å². The average molecular weight is 605 g/mol. The number of carbonyl (C=O) groups excluding carboxylic acids is 2. The Balaban J connectivity index is 1.40. The number of aliphatic hydroxyl groups is 1. The zero-order chi connectivity index (χ0) is 32.1. The fraction of sp³-hybridized carbons (Fsp3) is 0.613. The van der Waals surface area contributed by atoms with Gasteiger partial charge in [0.05, 0.1) is 12.2 Å². The van der Waals surface area contributed by atoms with Gasteiger partial charge in [-0.05, 0) is 56.3 Å². The van der Waals surface area contributed by atoms with Crippen LogP contribution in [0, 0.1) is 22.7 Å². The van der Waals surface area contributed by atoms with Crippen LogP contribution in [0.1, 0.15) is 52.9 Å². The summed E-state index contributed by atoms with van der Waals surface area (Å²) in [6, 6.07) is 0. The van der Waals surface area contributed by atoms with E-state index in [4.69, 9.17) is 19.9 Å². The summed E-state index contributed by atoms with van der Waals surface area (Å²) in [6.45, 7) is 5.13. The molecule has 4 aliphatic carbocycles. The lowest BCUT2D eigenvalue weighted by atomic mass is 9.44. The minimum atomic E-state index is -2.25. The lowest BCUT2D eigenvalue weighted by Gasteiger charge is -2.63.